The Morgan fingerprint density at radius 3 is 2.28 bits per heavy atom. The van der Waals surface area contributed by atoms with Gasteiger partial charge < -0.3 is 11.1 Å². The molecule has 1 amide bonds. The van der Waals surface area contributed by atoms with Crippen LogP contribution in [0.5, 0.6) is 0 Å². The molecule has 0 radical (unpaired) electrons. The lowest BCUT2D eigenvalue weighted by atomic mass is 10.0. The second-order valence-corrected chi connectivity index (χ2v) is 5.38. The Hall–Kier alpha value is -1.35. The van der Waals surface area contributed by atoms with Crippen molar-refractivity contribution < 1.29 is 4.79 Å². The maximum atomic E-state index is 11.9. The number of hydrogen-bond acceptors (Lipinski definition) is 2. The largest absolute Gasteiger partial charge is 0.348 e. The summed E-state index contributed by atoms with van der Waals surface area (Å²) in [6.07, 6.45) is 0.715. The lowest BCUT2D eigenvalue weighted by Crippen LogP contribution is -2.42. The van der Waals surface area contributed by atoms with Crippen molar-refractivity contribution in [2.45, 2.75) is 46.2 Å². The zero-order valence-electron chi connectivity index (χ0n) is 11.7. The third kappa shape index (κ3) is 4.49. The van der Waals surface area contributed by atoms with Gasteiger partial charge in [0.05, 0.1) is 12.1 Å². The first-order chi connectivity index (χ1) is 8.40. The van der Waals surface area contributed by atoms with E-state index in [4.69, 9.17) is 5.73 Å². The maximum Gasteiger partial charge on any atom is 0.237 e. The Morgan fingerprint density at radius 2 is 1.78 bits per heavy atom. The minimum Gasteiger partial charge on any atom is -0.348 e. The first-order valence-corrected chi connectivity index (χ1v) is 6.52. The van der Waals surface area contributed by atoms with E-state index in [2.05, 4.69) is 19.2 Å². The summed E-state index contributed by atoms with van der Waals surface area (Å²) >= 11 is 0. The number of nitrogens with one attached hydrogen (secondary N) is 1. The van der Waals surface area contributed by atoms with E-state index in [0.717, 1.165) is 5.56 Å². The fourth-order valence-corrected chi connectivity index (χ4v) is 1.87. The highest BCUT2D eigenvalue weighted by Gasteiger charge is 2.17. The van der Waals surface area contributed by atoms with Crippen molar-refractivity contribution in [1.82, 2.24) is 5.32 Å². The normalized spacial score (nSPS) is 14.3. The number of carbonyl (C=O) groups excluding carboxylic acids is 1. The van der Waals surface area contributed by atoms with E-state index < -0.39 is 6.04 Å². The van der Waals surface area contributed by atoms with Crippen molar-refractivity contribution in [3.05, 3.63) is 35.4 Å². The standard InChI is InChI=1S/C15H24N2O/c1-10(2)9-14(16)15(18)17-12(4)13-7-5-11(3)6-8-13/h5-8,10,12,14H,9,16H2,1-4H3,(H,17,18)/t12-,14-/m1/s1. The van der Waals surface area contributed by atoms with Crippen LogP contribution in [0.25, 0.3) is 0 Å². The summed E-state index contributed by atoms with van der Waals surface area (Å²) in [7, 11) is 0. The topological polar surface area (TPSA) is 55.1 Å². The molecule has 0 spiro atoms. The van der Waals surface area contributed by atoms with Crippen LogP contribution >= 0.6 is 0 Å². The van der Waals surface area contributed by atoms with Gasteiger partial charge in [0, 0.05) is 0 Å². The van der Waals surface area contributed by atoms with Crippen LogP contribution in [-0.4, -0.2) is 11.9 Å². The second kappa shape index (κ2) is 6.55. The average molecular weight is 248 g/mol. The molecule has 2 atom stereocenters. The molecular formula is C15H24N2O. The maximum absolute atomic E-state index is 11.9. The van der Waals surface area contributed by atoms with Gasteiger partial charge in [-0.05, 0) is 31.7 Å². The van der Waals surface area contributed by atoms with Crippen LogP contribution in [-0.2, 0) is 4.79 Å². The molecule has 3 heteroatoms. The lowest BCUT2D eigenvalue weighted by Gasteiger charge is -2.19. The van der Waals surface area contributed by atoms with Crippen molar-refractivity contribution in [2.75, 3.05) is 0 Å². The van der Waals surface area contributed by atoms with Crippen LogP contribution in [0.1, 0.15) is 44.4 Å². The Morgan fingerprint density at radius 1 is 1.22 bits per heavy atom. The SMILES string of the molecule is Cc1ccc([C@@H](C)NC(=O)[C@H](N)CC(C)C)cc1. The van der Waals surface area contributed by atoms with Crippen molar-refractivity contribution in [1.29, 1.82) is 0 Å². The minimum atomic E-state index is -0.419. The smallest absolute Gasteiger partial charge is 0.237 e. The number of carbonyl (C=O) groups is 1. The molecule has 0 saturated heterocycles. The first kappa shape index (κ1) is 14.7. The summed E-state index contributed by atoms with van der Waals surface area (Å²) in [4.78, 5) is 11.9. The van der Waals surface area contributed by atoms with E-state index >= 15 is 0 Å². The fourth-order valence-electron chi connectivity index (χ4n) is 1.87. The van der Waals surface area contributed by atoms with E-state index in [1.54, 1.807) is 0 Å². The predicted molar refractivity (Wildman–Crippen MR) is 75.2 cm³/mol. The molecule has 0 heterocycles. The van der Waals surface area contributed by atoms with Gasteiger partial charge in [0.25, 0.3) is 0 Å². The van der Waals surface area contributed by atoms with Gasteiger partial charge in [0.1, 0.15) is 0 Å². The summed E-state index contributed by atoms with van der Waals surface area (Å²) in [5.41, 5.74) is 8.18. The third-order valence-corrected chi connectivity index (χ3v) is 3.00. The number of benzene rings is 1. The molecule has 18 heavy (non-hydrogen) atoms. The molecule has 0 aromatic heterocycles. The number of hydrogen-bond donors (Lipinski definition) is 2. The van der Waals surface area contributed by atoms with Gasteiger partial charge in [-0.3, -0.25) is 4.79 Å². The third-order valence-electron chi connectivity index (χ3n) is 3.00. The Kier molecular flexibility index (Phi) is 5.35. The molecule has 3 N–H and O–H groups in total. The van der Waals surface area contributed by atoms with Crippen LogP contribution in [0.4, 0.5) is 0 Å². The van der Waals surface area contributed by atoms with Crippen molar-refractivity contribution in [3.63, 3.8) is 0 Å². The summed E-state index contributed by atoms with van der Waals surface area (Å²) in [6.45, 7) is 8.16. The van der Waals surface area contributed by atoms with Crippen LogP contribution in [0.15, 0.2) is 24.3 Å². The summed E-state index contributed by atoms with van der Waals surface area (Å²) in [6, 6.07) is 7.75. The van der Waals surface area contributed by atoms with E-state index in [1.165, 1.54) is 5.56 Å². The van der Waals surface area contributed by atoms with Gasteiger partial charge in [0.2, 0.25) is 5.91 Å². The summed E-state index contributed by atoms with van der Waals surface area (Å²) < 4.78 is 0. The zero-order chi connectivity index (χ0) is 13.7. The Labute approximate surface area is 110 Å². The molecular weight excluding hydrogens is 224 g/mol. The van der Waals surface area contributed by atoms with Gasteiger partial charge in [0.15, 0.2) is 0 Å². The van der Waals surface area contributed by atoms with Crippen LogP contribution in [0.3, 0.4) is 0 Å². The quantitative estimate of drug-likeness (QED) is 0.841. The monoisotopic (exact) mass is 248 g/mol. The van der Waals surface area contributed by atoms with E-state index in [9.17, 15) is 4.79 Å². The average Bonchev–Trinajstić information content (AvgIpc) is 2.28. The second-order valence-electron chi connectivity index (χ2n) is 5.38. The minimum absolute atomic E-state index is 0.00341. The van der Waals surface area contributed by atoms with Crippen molar-refractivity contribution in [2.24, 2.45) is 11.7 Å². The molecule has 0 aliphatic heterocycles. The summed E-state index contributed by atoms with van der Waals surface area (Å²) in [5, 5.41) is 2.96. The van der Waals surface area contributed by atoms with Gasteiger partial charge in [-0.25, -0.2) is 0 Å². The highest BCUT2D eigenvalue weighted by Crippen LogP contribution is 2.13. The van der Waals surface area contributed by atoms with Crippen molar-refractivity contribution >= 4 is 5.91 Å². The Bertz CT molecular complexity index is 384. The molecule has 0 aliphatic rings. The predicted octanol–water partition coefficient (Wildman–Crippen LogP) is 2.55. The van der Waals surface area contributed by atoms with E-state index in [0.29, 0.717) is 12.3 Å². The number of aryl methyl sites for hydroxylation is 1. The highest BCUT2D eigenvalue weighted by molar-refractivity contribution is 5.81. The first-order valence-electron chi connectivity index (χ1n) is 6.52. The molecule has 0 fully saturated rings. The van der Waals surface area contributed by atoms with Gasteiger partial charge in [-0.2, -0.15) is 0 Å². The van der Waals surface area contributed by atoms with Crippen LogP contribution in [0, 0.1) is 12.8 Å². The molecule has 0 bridgehead atoms. The zero-order valence-corrected chi connectivity index (χ0v) is 11.7. The molecule has 1 aromatic carbocycles. The van der Waals surface area contributed by atoms with Crippen LogP contribution < -0.4 is 11.1 Å². The molecule has 100 valence electrons. The molecule has 3 nitrogen and oxygen atoms in total. The highest BCUT2D eigenvalue weighted by atomic mass is 16.2. The van der Waals surface area contributed by atoms with Gasteiger partial charge in [-0.1, -0.05) is 43.7 Å². The molecule has 0 aliphatic carbocycles. The van der Waals surface area contributed by atoms with Gasteiger partial charge >= 0.3 is 0 Å². The number of rotatable bonds is 5. The van der Waals surface area contributed by atoms with E-state index in [1.807, 2.05) is 38.1 Å². The molecule has 1 aromatic rings. The molecule has 0 unspecified atom stereocenters. The molecule has 1 rings (SSSR count). The number of nitrogens with two attached hydrogens (primary N) is 1. The molecule has 0 saturated carbocycles. The van der Waals surface area contributed by atoms with Crippen LogP contribution in [0.2, 0.25) is 0 Å². The van der Waals surface area contributed by atoms with Gasteiger partial charge in [-0.15, -0.1) is 0 Å². The summed E-state index contributed by atoms with van der Waals surface area (Å²) in [5.74, 6) is 0.359. The lowest BCUT2D eigenvalue weighted by molar-refractivity contribution is -0.123. The van der Waals surface area contributed by atoms with E-state index in [-0.39, 0.29) is 11.9 Å². The Balaban J connectivity index is 2.56. The van der Waals surface area contributed by atoms with Crippen molar-refractivity contribution in [3.8, 4) is 0 Å². The number of amides is 1. The fraction of sp³-hybridized carbons (Fsp3) is 0.533.